The van der Waals surface area contributed by atoms with Crippen molar-refractivity contribution in [2.45, 2.75) is 12.5 Å². The van der Waals surface area contributed by atoms with Gasteiger partial charge < -0.3 is 10.8 Å². The van der Waals surface area contributed by atoms with Gasteiger partial charge in [-0.3, -0.25) is 0 Å². The van der Waals surface area contributed by atoms with Gasteiger partial charge in [0.05, 0.1) is 0 Å². The lowest BCUT2D eigenvalue weighted by Gasteiger charge is -2.10. The second kappa shape index (κ2) is 4.05. The number of nitrogens with two attached hydrogens (primary N) is 1. The first kappa shape index (κ1) is 9.74. The molecule has 3 heteroatoms. The molecule has 0 saturated heterocycles. The third-order valence-electron chi connectivity index (χ3n) is 1.80. The Bertz CT molecular complexity index is 312. The van der Waals surface area contributed by atoms with E-state index in [1.807, 2.05) is 0 Å². The molecule has 0 aliphatic rings. The van der Waals surface area contributed by atoms with Gasteiger partial charge in [-0.15, -0.1) is 6.58 Å². The summed E-state index contributed by atoms with van der Waals surface area (Å²) in [6.45, 7) is 3.51. The van der Waals surface area contributed by atoms with E-state index >= 15 is 0 Å². The molecule has 13 heavy (non-hydrogen) atoms. The highest BCUT2D eigenvalue weighted by molar-refractivity contribution is 5.30. The third kappa shape index (κ3) is 2.29. The Balaban J connectivity index is 2.97. The average Bonchev–Trinajstić information content (AvgIpc) is 2.09. The molecule has 0 amide bonds. The van der Waals surface area contributed by atoms with E-state index in [4.69, 9.17) is 10.8 Å². The third-order valence-corrected chi connectivity index (χ3v) is 1.80. The summed E-state index contributed by atoms with van der Waals surface area (Å²) < 4.78 is 13.1. The maximum absolute atomic E-state index is 13.1. The van der Waals surface area contributed by atoms with E-state index in [1.54, 1.807) is 6.08 Å². The molecule has 70 valence electrons. The summed E-state index contributed by atoms with van der Waals surface area (Å²) in [5.74, 6) is -0.372. The summed E-state index contributed by atoms with van der Waals surface area (Å²) in [5.41, 5.74) is 5.97. The van der Waals surface area contributed by atoms with Crippen LogP contribution in [0.3, 0.4) is 0 Å². The van der Waals surface area contributed by atoms with Crippen LogP contribution in [0, 0.1) is 5.82 Å². The highest BCUT2D eigenvalue weighted by atomic mass is 19.1. The van der Waals surface area contributed by atoms with Crippen LogP contribution < -0.4 is 5.73 Å². The number of halogens is 1. The normalized spacial score (nSPS) is 12.5. The number of aromatic hydroxyl groups is 1. The van der Waals surface area contributed by atoms with Crippen molar-refractivity contribution in [3.05, 3.63) is 42.2 Å². The summed E-state index contributed by atoms with van der Waals surface area (Å²) in [4.78, 5) is 0. The zero-order chi connectivity index (χ0) is 9.84. The van der Waals surface area contributed by atoms with Crippen LogP contribution in [0.25, 0.3) is 0 Å². The van der Waals surface area contributed by atoms with Crippen LogP contribution in [0.5, 0.6) is 5.75 Å². The second-order valence-electron chi connectivity index (χ2n) is 2.84. The molecule has 1 atom stereocenters. The van der Waals surface area contributed by atoms with Crippen molar-refractivity contribution in [1.82, 2.24) is 0 Å². The molecule has 1 unspecified atom stereocenters. The fourth-order valence-corrected chi connectivity index (χ4v) is 1.12. The molecule has 0 aliphatic carbocycles. The monoisotopic (exact) mass is 181 g/mol. The van der Waals surface area contributed by atoms with Crippen LogP contribution in [-0.4, -0.2) is 5.11 Å². The van der Waals surface area contributed by atoms with Crippen LogP contribution in [0.2, 0.25) is 0 Å². The predicted molar refractivity (Wildman–Crippen MR) is 49.8 cm³/mol. The molecule has 2 nitrogen and oxygen atoms in total. The Morgan fingerprint density at radius 1 is 1.62 bits per heavy atom. The summed E-state index contributed by atoms with van der Waals surface area (Å²) in [5, 5.41) is 9.11. The van der Waals surface area contributed by atoms with Crippen LogP contribution in [0.4, 0.5) is 4.39 Å². The standard InChI is InChI=1S/C10H12FNO/c1-2-3-10(12)8-6-7(13)4-5-9(8)11/h2,4-6,10,13H,1,3,12H2. The minimum atomic E-state index is -0.440. The van der Waals surface area contributed by atoms with E-state index in [-0.39, 0.29) is 5.75 Å². The van der Waals surface area contributed by atoms with Gasteiger partial charge in [0.1, 0.15) is 11.6 Å². The molecule has 0 fully saturated rings. The first-order chi connectivity index (χ1) is 6.15. The Morgan fingerprint density at radius 2 is 2.31 bits per heavy atom. The van der Waals surface area contributed by atoms with Gasteiger partial charge in [-0.05, 0) is 24.6 Å². The van der Waals surface area contributed by atoms with Crippen molar-refractivity contribution < 1.29 is 9.50 Å². The van der Waals surface area contributed by atoms with Crippen LogP contribution in [-0.2, 0) is 0 Å². The molecule has 0 heterocycles. The first-order valence-corrected chi connectivity index (χ1v) is 4.00. The quantitative estimate of drug-likeness (QED) is 0.701. The molecule has 1 aromatic rings. The fourth-order valence-electron chi connectivity index (χ4n) is 1.12. The number of hydrogen-bond donors (Lipinski definition) is 2. The number of benzene rings is 1. The first-order valence-electron chi connectivity index (χ1n) is 4.00. The SMILES string of the molecule is C=CCC(N)c1cc(O)ccc1F. The largest absolute Gasteiger partial charge is 0.508 e. The van der Waals surface area contributed by atoms with E-state index in [0.29, 0.717) is 12.0 Å². The van der Waals surface area contributed by atoms with Crippen molar-refractivity contribution in [1.29, 1.82) is 0 Å². The van der Waals surface area contributed by atoms with Gasteiger partial charge >= 0.3 is 0 Å². The summed E-state index contributed by atoms with van der Waals surface area (Å²) in [7, 11) is 0. The van der Waals surface area contributed by atoms with Gasteiger partial charge in [0.15, 0.2) is 0 Å². The number of phenols is 1. The van der Waals surface area contributed by atoms with E-state index < -0.39 is 11.9 Å². The zero-order valence-corrected chi connectivity index (χ0v) is 7.20. The molecule has 3 N–H and O–H groups in total. The molecule has 0 radical (unpaired) electrons. The lowest BCUT2D eigenvalue weighted by Crippen LogP contribution is -2.10. The van der Waals surface area contributed by atoms with E-state index in [2.05, 4.69) is 6.58 Å². The maximum atomic E-state index is 13.1. The van der Waals surface area contributed by atoms with Crippen LogP contribution in [0.1, 0.15) is 18.0 Å². The Kier molecular flexibility index (Phi) is 3.03. The van der Waals surface area contributed by atoms with Gasteiger partial charge in [-0.2, -0.15) is 0 Å². The zero-order valence-electron chi connectivity index (χ0n) is 7.20. The highest BCUT2D eigenvalue weighted by Crippen LogP contribution is 2.22. The number of rotatable bonds is 3. The minimum Gasteiger partial charge on any atom is -0.508 e. The lowest BCUT2D eigenvalue weighted by molar-refractivity contribution is 0.469. The molecule has 0 bridgehead atoms. The molecular weight excluding hydrogens is 169 g/mol. The van der Waals surface area contributed by atoms with Crippen molar-refractivity contribution >= 4 is 0 Å². The van der Waals surface area contributed by atoms with Crippen molar-refractivity contribution in [3.8, 4) is 5.75 Å². The maximum Gasteiger partial charge on any atom is 0.128 e. The Labute approximate surface area is 76.5 Å². The highest BCUT2D eigenvalue weighted by Gasteiger charge is 2.10. The molecule has 0 aromatic heterocycles. The van der Waals surface area contributed by atoms with Crippen LogP contribution in [0.15, 0.2) is 30.9 Å². The van der Waals surface area contributed by atoms with Gasteiger partial charge in [0.25, 0.3) is 0 Å². The van der Waals surface area contributed by atoms with Gasteiger partial charge in [0.2, 0.25) is 0 Å². The minimum absolute atomic E-state index is 0.0240. The van der Waals surface area contributed by atoms with Gasteiger partial charge in [-0.25, -0.2) is 4.39 Å². The molecule has 0 saturated carbocycles. The van der Waals surface area contributed by atoms with E-state index in [0.717, 1.165) is 0 Å². The second-order valence-corrected chi connectivity index (χ2v) is 2.84. The van der Waals surface area contributed by atoms with Gasteiger partial charge in [-0.1, -0.05) is 6.08 Å². The topological polar surface area (TPSA) is 46.2 Å². The molecule has 0 spiro atoms. The number of hydrogen-bond acceptors (Lipinski definition) is 2. The van der Waals surface area contributed by atoms with E-state index in [1.165, 1.54) is 18.2 Å². The van der Waals surface area contributed by atoms with Gasteiger partial charge in [0, 0.05) is 11.6 Å². The van der Waals surface area contributed by atoms with E-state index in [9.17, 15) is 4.39 Å². The Hall–Kier alpha value is -1.35. The van der Waals surface area contributed by atoms with Crippen molar-refractivity contribution in [2.24, 2.45) is 5.73 Å². The Morgan fingerprint density at radius 3 is 2.92 bits per heavy atom. The smallest absolute Gasteiger partial charge is 0.128 e. The lowest BCUT2D eigenvalue weighted by atomic mass is 10.0. The average molecular weight is 181 g/mol. The number of phenolic OH excluding ortho intramolecular Hbond substituents is 1. The molecule has 1 rings (SSSR count). The summed E-state index contributed by atoms with van der Waals surface area (Å²) in [6.07, 6.45) is 2.11. The van der Waals surface area contributed by atoms with Crippen LogP contribution >= 0.6 is 0 Å². The fraction of sp³-hybridized carbons (Fsp3) is 0.200. The molecular formula is C10H12FNO. The van der Waals surface area contributed by atoms with Crippen molar-refractivity contribution in [3.63, 3.8) is 0 Å². The summed E-state index contributed by atoms with van der Waals surface area (Å²) >= 11 is 0. The predicted octanol–water partition coefficient (Wildman–Crippen LogP) is 2.11. The van der Waals surface area contributed by atoms with Crippen molar-refractivity contribution in [2.75, 3.05) is 0 Å². The summed E-state index contributed by atoms with van der Waals surface area (Å²) in [6, 6.07) is 3.39. The molecule has 0 aliphatic heterocycles. The molecule has 1 aromatic carbocycles.